The van der Waals surface area contributed by atoms with Gasteiger partial charge in [-0.25, -0.2) is 0 Å². The summed E-state index contributed by atoms with van der Waals surface area (Å²) < 4.78 is 0.432. The first kappa shape index (κ1) is 13.8. The highest BCUT2D eigenvalue weighted by molar-refractivity contribution is 9.10. The molecule has 0 bridgehead atoms. The van der Waals surface area contributed by atoms with E-state index in [1.165, 1.54) is 11.0 Å². The molecule has 0 saturated carbocycles. The number of nitrogens with zero attached hydrogens (tertiary/aromatic N) is 2. The Morgan fingerprint density at radius 2 is 2.17 bits per heavy atom. The van der Waals surface area contributed by atoms with Crippen LogP contribution in [0.2, 0.25) is 5.02 Å². The molecule has 0 aromatic heterocycles. The predicted molar refractivity (Wildman–Crippen MR) is 75.5 cm³/mol. The molecular formula is C10H7Br2ClN2O3. The molecule has 1 saturated heterocycles. The molecule has 1 aliphatic heterocycles. The summed E-state index contributed by atoms with van der Waals surface area (Å²) in [7, 11) is 0. The number of halogens is 3. The van der Waals surface area contributed by atoms with Crippen LogP contribution >= 0.6 is 43.5 Å². The van der Waals surface area contributed by atoms with Crippen molar-refractivity contribution in [2.45, 2.75) is 11.2 Å². The number of benzene rings is 1. The monoisotopic (exact) mass is 396 g/mol. The van der Waals surface area contributed by atoms with Gasteiger partial charge in [-0.15, -0.1) is 0 Å². The minimum atomic E-state index is -0.572. The lowest BCUT2D eigenvalue weighted by Gasteiger charge is -2.16. The third-order valence-electron chi connectivity index (χ3n) is 2.60. The molecule has 5 nitrogen and oxygen atoms in total. The number of rotatable bonds is 2. The normalized spacial score (nSPS) is 19.4. The Bertz CT molecular complexity index is 538. The van der Waals surface area contributed by atoms with E-state index in [4.69, 9.17) is 11.6 Å². The molecular weight excluding hydrogens is 391 g/mol. The molecule has 0 radical (unpaired) electrons. The smallest absolute Gasteiger partial charge is 0.305 e. The van der Waals surface area contributed by atoms with Crippen molar-refractivity contribution in [3.63, 3.8) is 0 Å². The first-order chi connectivity index (χ1) is 8.41. The topological polar surface area (TPSA) is 63.5 Å². The Hall–Kier alpha value is -0.660. The van der Waals surface area contributed by atoms with Gasteiger partial charge in [-0.1, -0.05) is 27.5 Å². The second-order valence-electron chi connectivity index (χ2n) is 3.79. The standard InChI is InChI=1S/C10H7Br2ClN2O3/c11-5-3-8(16)14(4-5)7-2-1-6(12)9(13)10(7)15(17)18/h1-2,5H,3-4H2. The van der Waals surface area contributed by atoms with Gasteiger partial charge in [-0.05, 0) is 28.1 Å². The van der Waals surface area contributed by atoms with Gasteiger partial charge in [-0.2, -0.15) is 0 Å². The van der Waals surface area contributed by atoms with Crippen LogP contribution in [0.15, 0.2) is 16.6 Å². The Morgan fingerprint density at radius 1 is 1.50 bits per heavy atom. The van der Waals surface area contributed by atoms with E-state index in [0.717, 1.165) is 0 Å². The molecule has 96 valence electrons. The first-order valence-electron chi connectivity index (χ1n) is 4.98. The van der Waals surface area contributed by atoms with Gasteiger partial charge in [-0.3, -0.25) is 14.9 Å². The van der Waals surface area contributed by atoms with Crippen molar-refractivity contribution >= 4 is 60.7 Å². The lowest BCUT2D eigenvalue weighted by Crippen LogP contribution is -2.25. The van der Waals surface area contributed by atoms with E-state index in [9.17, 15) is 14.9 Å². The Labute approximate surface area is 124 Å². The summed E-state index contributed by atoms with van der Waals surface area (Å²) in [4.78, 5) is 23.7. The zero-order valence-corrected chi connectivity index (χ0v) is 12.8. The number of amides is 1. The van der Waals surface area contributed by atoms with Gasteiger partial charge in [0, 0.05) is 22.3 Å². The fourth-order valence-electron chi connectivity index (χ4n) is 1.82. The molecule has 1 aromatic carbocycles. The average molecular weight is 398 g/mol. The van der Waals surface area contributed by atoms with Gasteiger partial charge < -0.3 is 4.90 Å². The van der Waals surface area contributed by atoms with E-state index in [1.54, 1.807) is 6.07 Å². The lowest BCUT2D eigenvalue weighted by atomic mass is 10.2. The molecule has 2 rings (SSSR count). The summed E-state index contributed by atoms with van der Waals surface area (Å²) in [5, 5.41) is 11.1. The molecule has 0 aliphatic carbocycles. The third-order valence-corrected chi connectivity index (χ3v) is 4.48. The summed E-state index contributed by atoms with van der Waals surface area (Å²) in [5.74, 6) is -0.154. The van der Waals surface area contributed by atoms with Crippen LogP contribution in [0.3, 0.4) is 0 Å². The number of nitro benzene ring substituents is 1. The molecule has 1 unspecified atom stereocenters. The molecule has 1 heterocycles. The maximum atomic E-state index is 11.8. The van der Waals surface area contributed by atoms with Gasteiger partial charge in [0.15, 0.2) is 0 Å². The van der Waals surface area contributed by atoms with Gasteiger partial charge in [0.1, 0.15) is 10.7 Å². The Morgan fingerprint density at radius 3 is 2.67 bits per heavy atom. The second-order valence-corrected chi connectivity index (χ2v) is 6.32. The van der Waals surface area contributed by atoms with Gasteiger partial charge in [0.25, 0.3) is 0 Å². The van der Waals surface area contributed by atoms with Crippen LogP contribution in [-0.4, -0.2) is 22.2 Å². The number of hydrogen-bond acceptors (Lipinski definition) is 3. The molecule has 1 aliphatic rings. The highest BCUT2D eigenvalue weighted by Gasteiger charge is 2.34. The summed E-state index contributed by atoms with van der Waals surface area (Å²) in [6, 6.07) is 3.12. The minimum absolute atomic E-state index is 0.00308. The second kappa shape index (κ2) is 5.14. The van der Waals surface area contributed by atoms with Crippen LogP contribution in [0.4, 0.5) is 11.4 Å². The van der Waals surface area contributed by atoms with Crippen LogP contribution in [0.1, 0.15) is 6.42 Å². The molecule has 1 amide bonds. The van der Waals surface area contributed by atoms with Crippen molar-refractivity contribution in [3.8, 4) is 0 Å². The van der Waals surface area contributed by atoms with Crippen molar-refractivity contribution < 1.29 is 9.72 Å². The predicted octanol–water partition coefficient (Wildman–Crippen LogP) is 3.51. The van der Waals surface area contributed by atoms with Crippen molar-refractivity contribution in [3.05, 3.63) is 31.7 Å². The SMILES string of the molecule is O=C1CC(Br)CN1c1ccc(Br)c(Cl)c1[N+](=O)[O-]. The van der Waals surface area contributed by atoms with Crippen molar-refractivity contribution in [1.82, 2.24) is 0 Å². The molecule has 1 fully saturated rings. The average Bonchev–Trinajstić information content (AvgIpc) is 2.61. The molecule has 8 heteroatoms. The zero-order chi connectivity index (χ0) is 13.4. The van der Waals surface area contributed by atoms with Crippen LogP contribution in [0, 0.1) is 10.1 Å². The fourth-order valence-corrected chi connectivity index (χ4v) is 2.93. The van der Waals surface area contributed by atoms with E-state index in [-0.39, 0.29) is 27.1 Å². The maximum Gasteiger partial charge on any atom is 0.312 e. The van der Waals surface area contributed by atoms with Crippen LogP contribution in [0.5, 0.6) is 0 Å². The van der Waals surface area contributed by atoms with Gasteiger partial charge >= 0.3 is 5.69 Å². The number of alkyl halides is 1. The first-order valence-corrected chi connectivity index (χ1v) is 7.07. The number of nitro groups is 1. The minimum Gasteiger partial charge on any atom is -0.305 e. The third kappa shape index (κ3) is 2.39. The molecule has 0 spiro atoms. The van der Waals surface area contributed by atoms with Crippen LogP contribution in [0.25, 0.3) is 0 Å². The van der Waals surface area contributed by atoms with Crippen molar-refractivity contribution in [2.24, 2.45) is 0 Å². The Kier molecular flexibility index (Phi) is 3.93. The lowest BCUT2D eigenvalue weighted by molar-refractivity contribution is -0.384. The molecule has 1 aromatic rings. The fraction of sp³-hybridized carbons (Fsp3) is 0.300. The zero-order valence-electron chi connectivity index (χ0n) is 8.90. The van der Waals surface area contributed by atoms with Gasteiger partial charge in [0.2, 0.25) is 5.91 Å². The number of carbonyl (C=O) groups is 1. The quantitative estimate of drug-likeness (QED) is 0.435. The van der Waals surface area contributed by atoms with E-state index in [2.05, 4.69) is 31.9 Å². The van der Waals surface area contributed by atoms with Gasteiger partial charge in [0.05, 0.1) is 4.92 Å². The highest BCUT2D eigenvalue weighted by atomic mass is 79.9. The van der Waals surface area contributed by atoms with Crippen LogP contribution < -0.4 is 4.90 Å². The number of carbonyl (C=O) groups excluding carboxylic acids is 1. The van der Waals surface area contributed by atoms with E-state index in [0.29, 0.717) is 17.4 Å². The summed E-state index contributed by atoms with van der Waals surface area (Å²) in [5.41, 5.74) is -0.0128. The van der Waals surface area contributed by atoms with Crippen molar-refractivity contribution in [2.75, 3.05) is 11.4 Å². The highest BCUT2D eigenvalue weighted by Crippen LogP contribution is 2.41. The van der Waals surface area contributed by atoms with Crippen molar-refractivity contribution in [1.29, 1.82) is 0 Å². The van der Waals surface area contributed by atoms with E-state index < -0.39 is 4.92 Å². The molecule has 18 heavy (non-hydrogen) atoms. The van der Waals surface area contributed by atoms with E-state index >= 15 is 0 Å². The maximum absolute atomic E-state index is 11.8. The molecule has 1 atom stereocenters. The number of anilines is 1. The summed E-state index contributed by atoms with van der Waals surface area (Å²) in [6.07, 6.45) is 0.324. The van der Waals surface area contributed by atoms with Crippen LogP contribution in [-0.2, 0) is 4.79 Å². The van der Waals surface area contributed by atoms with E-state index in [1.807, 2.05) is 0 Å². The summed E-state index contributed by atoms with van der Waals surface area (Å²) >= 11 is 12.4. The summed E-state index contributed by atoms with van der Waals surface area (Å²) in [6.45, 7) is 0.400. The Balaban J connectivity index is 2.54. The number of hydrogen-bond donors (Lipinski definition) is 0. The largest absolute Gasteiger partial charge is 0.312 e. The molecule has 0 N–H and O–H groups in total.